The minimum Gasteiger partial charge on any atom is -0.447 e. The van der Waals surface area contributed by atoms with Gasteiger partial charge in [0.2, 0.25) is 0 Å². The molecule has 0 unspecified atom stereocenters. The van der Waals surface area contributed by atoms with Gasteiger partial charge in [-0.3, -0.25) is 4.90 Å². The second-order valence-corrected chi connectivity index (χ2v) is 3.17. The van der Waals surface area contributed by atoms with Gasteiger partial charge in [0.05, 0.1) is 33.0 Å². The Morgan fingerprint density at radius 1 is 1.00 bits per heavy atom. The molecule has 0 heterocycles. The van der Waals surface area contributed by atoms with Crippen LogP contribution in [0.1, 0.15) is 0 Å². The summed E-state index contributed by atoms with van der Waals surface area (Å²) in [6.07, 6.45) is -0.608. The second-order valence-electron chi connectivity index (χ2n) is 3.17. The Kier molecular flexibility index (Phi) is 11.9. The summed E-state index contributed by atoms with van der Waals surface area (Å²) in [7, 11) is 1.50. The van der Waals surface area contributed by atoms with Crippen molar-refractivity contribution in [3.05, 3.63) is 0 Å². The molecule has 0 saturated heterocycles. The Morgan fingerprint density at radius 2 is 1.56 bits per heavy atom. The summed E-state index contributed by atoms with van der Waals surface area (Å²) in [5.41, 5.74) is 0. The predicted octanol–water partition coefficient (Wildman–Crippen LogP) is -0.996. The Bertz CT molecular complexity index is 193. The molecule has 8 nitrogen and oxygen atoms in total. The number of hydrogen-bond acceptors (Lipinski definition) is 7. The number of ether oxygens (including phenoxy) is 4. The molecule has 0 radical (unpaired) electrons. The van der Waals surface area contributed by atoms with Crippen LogP contribution in [0.3, 0.4) is 0 Å². The van der Waals surface area contributed by atoms with E-state index in [-0.39, 0.29) is 46.5 Å². The van der Waals surface area contributed by atoms with Crippen molar-refractivity contribution in [3.63, 3.8) is 0 Å². The molecule has 0 atom stereocenters. The number of methoxy groups -OCH3 is 1. The molecule has 0 saturated carbocycles. The summed E-state index contributed by atoms with van der Waals surface area (Å²) in [6.45, 7) is 0.272. The van der Waals surface area contributed by atoms with Crippen molar-refractivity contribution in [3.8, 4) is 0 Å². The highest BCUT2D eigenvalue weighted by Crippen LogP contribution is 1.96. The van der Waals surface area contributed by atoms with E-state index in [4.69, 9.17) is 29.2 Å². The summed E-state index contributed by atoms with van der Waals surface area (Å²) in [5.74, 6) is 0. The lowest BCUT2D eigenvalue weighted by molar-refractivity contribution is -0.0526. The van der Waals surface area contributed by atoms with Crippen LogP contribution in [0.5, 0.6) is 0 Å². The average molecular weight is 267 g/mol. The second kappa shape index (κ2) is 12.5. The zero-order valence-electron chi connectivity index (χ0n) is 10.5. The highest BCUT2D eigenvalue weighted by Gasteiger charge is 2.14. The zero-order chi connectivity index (χ0) is 13.6. The van der Waals surface area contributed by atoms with Crippen LogP contribution in [0.15, 0.2) is 0 Å². The van der Waals surface area contributed by atoms with Gasteiger partial charge in [-0.05, 0) is 0 Å². The van der Waals surface area contributed by atoms with E-state index in [1.54, 1.807) is 0 Å². The van der Waals surface area contributed by atoms with Crippen LogP contribution >= 0.6 is 0 Å². The molecule has 0 aliphatic carbocycles. The summed E-state index contributed by atoms with van der Waals surface area (Å²) in [4.78, 5) is 12.7. The van der Waals surface area contributed by atoms with Crippen molar-refractivity contribution < 1.29 is 34.0 Å². The van der Waals surface area contributed by atoms with Gasteiger partial charge in [0.15, 0.2) is 0 Å². The fourth-order valence-corrected chi connectivity index (χ4v) is 0.925. The van der Waals surface area contributed by atoms with Gasteiger partial charge < -0.3 is 29.2 Å². The fourth-order valence-electron chi connectivity index (χ4n) is 0.925. The minimum atomic E-state index is -0.608. The van der Waals surface area contributed by atoms with Crippen molar-refractivity contribution in [1.29, 1.82) is 0 Å². The predicted molar refractivity (Wildman–Crippen MR) is 60.9 cm³/mol. The fraction of sp³-hybridized carbons (Fsp3) is 0.900. The molecule has 0 aromatic carbocycles. The summed E-state index contributed by atoms with van der Waals surface area (Å²) < 4.78 is 19.6. The van der Waals surface area contributed by atoms with E-state index >= 15 is 0 Å². The Hall–Kier alpha value is -0.930. The average Bonchev–Trinajstić information content (AvgIpc) is 2.37. The van der Waals surface area contributed by atoms with Gasteiger partial charge in [-0.1, -0.05) is 0 Å². The Morgan fingerprint density at radius 3 is 2.00 bits per heavy atom. The van der Waals surface area contributed by atoms with E-state index < -0.39 is 6.09 Å². The van der Waals surface area contributed by atoms with Crippen LogP contribution in [0.25, 0.3) is 0 Å². The minimum absolute atomic E-state index is 0.0577. The molecule has 0 rings (SSSR count). The van der Waals surface area contributed by atoms with Gasteiger partial charge in [0.1, 0.15) is 20.1 Å². The molecular formula is C10H21NO7. The molecule has 108 valence electrons. The maximum atomic E-state index is 11.6. The molecule has 0 bridgehead atoms. The number of amides is 1. The van der Waals surface area contributed by atoms with E-state index in [1.165, 1.54) is 12.0 Å². The van der Waals surface area contributed by atoms with Crippen molar-refractivity contribution in [1.82, 2.24) is 4.90 Å². The third kappa shape index (κ3) is 9.14. The first kappa shape index (κ1) is 17.1. The largest absolute Gasteiger partial charge is 0.447 e. The molecule has 0 aliphatic rings. The highest BCUT2D eigenvalue weighted by molar-refractivity contribution is 5.67. The van der Waals surface area contributed by atoms with Crippen LogP contribution in [0, 0.1) is 0 Å². The molecule has 8 heteroatoms. The topological polar surface area (TPSA) is 97.7 Å². The molecule has 0 aromatic rings. The summed E-state index contributed by atoms with van der Waals surface area (Å²) >= 11 is 0. The van der Waals surface area contributed by atoms with Gasteiger partial charge in [-0.25, -0.2) is 4.79 Å². The Balaban J connectivity index is 3.95. The third-order valence-electron chi connectivity index (χ3n) is 1.74. The molecule has 1 amide bonds. The van der Waals surface area contributed by atoms with Gasteiger partial charge >= 0.3 is 6.09 Å². The van der Waals surface area contributed by atoms with Crippen molar-refractivity contribution in [2.24, 2.45) is 0 Å². The first-order chi connectivity index (χ1) is 8.76. The number of hydrogen-bond donors (Lipinski definition) is 2. The van der Waals surface area contributed by atoms with Gasteiger partial charge in [0.25, 0.3) is 0 Å². The first-order valence-electron chi connectivity index (χ1n) is 5.54. The van der Waals surface area contributed by atoms with E-state index in [0.29, 0.717) is 6.61 Å². The monoisotopic (exact) mass is 267 g/mol. The van der Waals surface area contributed by atoms with Crippen LogP contribution in [-0.2, 0) is 18.9 Å². The quantitative estimate of drug-likeness (QED) is 0.366. The number of carbonyl (C=O) groups excluding carboxylic acids is 1. The highest BCUT2D eigenvalue weighted by atomic mass is 16.6. The van der Waals surface area contributed by atoms with Gasteiger partial charge in [-0.2, -0.15) is 0 Å². The lowest BCUT2D eigenvalue weighted by Crippen LogP contribution is -2.36. The summed E-state index contributed by atoms with van der Waals surface area (Å²) in [5, 5.41) is 17.1. The standard InChI is InChI=1S/C10H21NO7/c1-15-6-7-18-10(14)11(8-16-4-2-12)9-17-5-3-13/h12-13H,2-9H2,1H3. The van der Waals surface area contributed by atoms with Crippen molar-refractivity contribution >= 4 is 6.09 Å². The van der Waals surface area contributed by atoms with Crippen LogP contribution in [0.2, 0.25) is 0 Å². The first-order valence-corrected chi connectivity index (χ1v) is 5.54. The smallest absolute Gasteiger partial charge is 0.413 e. The normalized spacial score (nSPS) is 10.4. The van der Waals surface area contributed by atoms with Gasteiger partial charge in [0, 0.05) is 7.11 Å². The lowest BCUT2D eigenvalue weighted by Gasteiger charge is -2.21. The molecule has 2 N–H and O–H groups in total. The molecule has 0 aliphatic heterocycles. The maximum Gasteiger partial charge on any atom is 0.413 e. The SMILES string of the molecule is COCCOC(=O)N(COCCO)COCCO. The molecular weight excluding hydrogens is 246 g/mol. The summed E-state index contributed by atoms with van der Waals surface area (Å²) in [6, 6.07) is 0. The molecule has 0 fully saturated rings. The van der Waals surface area contributed by atoms with Crippen LogP contribution in [0.4, 0.5) is 4.79 Å². The lowest BCUT2D eigenvalue weighted by atomic mass is 10.7. The Labute approximate surface area is 106 Å². The number of carbonyl (C=O) groups is 1. The third-order valence-corrected chi connectivity index (χ3v) is 1.74. The van der Waals surface area contributed by atoms with E-state index in [2.05, 4.69) is 0 Å². The number of aliphatic hydroxyl groups is 2. The molecule has 0 aromatic heterocycles. The van der Waals surface area contributed by atoms with E-state index in [0.717, 1.165) is 0 Å². The van der Waals surface area contributed by atoms with Crippen molar-refractivity contribution in [2.75, 3.05) is 60.2 Å². The zero-order valence-corrected chi connectivity index (χ0v) is 10.5. The number of aliphatic hydroxyl groups excluding tert-OH is 2. The number of nitrogens with zero attached hydrogens (tertiary/aromatic N) is 1. The van der Waals surface area contributed by atoms with Crippen LogP contribution < -0.4 is 0 Å². The van der Waals surface area contributed by atoms with E-state index in [1.807, 2.05) is 0 Å². The van der Waals surface area contributed by atoms with Crippen LogP contribution in [-0.4, -0.2) is 81.4 Å². The van der Waals surface area contributed by atoms with Crippen molar-refractivity contribution in [2.45, 2.75) is 0 Å². The maximum absolute atomic E-state index is 11.6. The molecule has 18 heavy (non-hydrogen) atoms. The van der Waals surface area contributed by atoms with Gasteiger partial charge in [-0.15, -0.1) is 0 Å². The number of rotatable bonds is 11. The molecule has 0 spiro atoms. The van der Waals surface area contributed by atoms with E-state index in [9.17, 15) is 4.79 Å².